The van der Waals surface area contributed by atoms with Crippen LogP contribution in [0.4, 0.5) is 11.4 Å². The predicted octanol–water partition coefficient (Wildman–Crippen LogP) is 2.38. The number of sulfonamides is 1. The van der Waals surface area contributed by atoms with Crippen LogP contribution in [0.5, 0.6) is 5.75 Å². The van der Waals surface area contributed by atoms with Crippen molar-refractivity contribution >= 4 is 33.2 Å². The van der Waals surface area contributed by atoms with E-state index in [1.165, 1.54) is 4.31 Å². The molecule has 160 valence electrons. The van der Waals surface area contributed by atoms with Crippen molar-refractivity contribution in [2.75, 3.05) is 21.9 Å². The Hall–Kier alpha value is -3.07. The Morgan fingerprint density at radius 1 is 1.13 bits per heavy atom. The van der Waals surface area contributed by atoms with Crippen molar-refractivity contribution in [2.24, 2.45) is 0 Å². The maximum Gasteiger partial charge on any atom is 0.267 e. The monoisotopic (exact) mass is 431 g/mol. The van der Waals surface area contributed by atoms with Crippen molar-refractivity contribution in [3.8, 4) is 5.75 Å². The van der Waals surface area contributed by atoms with E-state index in [9.17, 15) is 18.0 Å². The number of benzene rings is 2. The standard InChI is InChI=1S/C21H25N3O5S/c1-4-30(27,28)24-13-19(29-18-12-8-7-11-17(18)24)21(26)23-16-10-6-5-9-15(16)20(25)22-14(2)3/h5-12,14,19H,4,13H2,1-3H3,(H,22,25)(H,23,26)/t19-/m1/s1. The number of anilines is 2. The molecule has 0 aromatic heterocycles. The molecular weight excluding hydrogens is 406 g/mol. The van der Waals surface area contributed by atoms with E-state index >= 15 is 0 Å². The Bertz CT molecular complexity index is 1050. The van der Waals surface area contributed by atoms with Gasteiger partial charge in [-0.1, -0.05) is 24.3 Å². The number of fused-ring (bicyclic) bond motifs is 1. The zero-order chi connectivity index (χ0) is 21.9. The van der Waals surface area contributed by atoms with Crippen molar-refractivity contribution < 1.29 is 22.7 Å². The van der Waals surface area contributed by atoms with Gasteiger partial charge in [0, 0.05) is 6.04 Å². The molecule has 2 N–H and O–H groups in total. The predicted molar refractivity (Wildman–Crippen MR) is 115 cm³/mol. The molecule has 1 heterocycles. The van der Waals surface area contributed by atoms with Crippen LogP contribution in [-0.2, 0) is 14.8 Å². The van der Waals surface area contributed by atoms with E-state index in [0.29, 0.717) is 22.7 Å². The number of ether oxygens (including phenoxy) is 1. The molecule has 0 spiro atoms. The van der Waals surface area contributed by atoms with Gasteiger partial charge in [-0.15, -0.1) is 0 Å². The van der Waals surface area contributed by atoms with Crippen LogP contribution in [0, 0.1) is 0 Å². The van der Waals surface area contributed by atoms with Crippen LogP contribution in [-0.4, -0.2) is 44.7 Å². The minimum absolute atomic E-state index is 0.0627. The fourth-order valence-corrected chi connectivity index (χ4v) is 4.23. The third kappa shape index (κ3) is 4.56. The summed E-state index contributed by atoms with van der Waals surface area (Å²) in [6.07, 6.45) is -1.07. The van der Waals surface area contributed by atoms with Crippen LogP contribution in [0.2, 0.25) is 0 Å². The second-order valence-corrected chi connectivity index (χ2v) is 9.35. The highest BCUT2D eigenvalue weighted by atomic mass is 32.2. The van der Waals surface area contributed by atoms with E-state index in [1.807, 2.05) is 13.8 Å². The highest BCUT2D eigenvalue weighted by Crippen LogP contribution is 2.35. The summed E-state index contributed by atoms with van der Waals surface area (Å²) in [4.78, 5) is 25.4. The third-order valence-electron chi connectivity index (χ3n) is 4.58. The SMILES string of the molecule is CCS(=O)(=O)N1C[C@H](C(=O)Nc2ccccc2C(=O)NC(C)C)Oc2ccccc21. The van der Waals surface area contributed by atoms with Crippen molar-refractivity contribution in [1.82, 2.24) is 5.32 Å². The van der Waals surface area contributed by atoms with E-state index in [4.69, 9.17) is 4.74 Å². The number of carbonyl (C=O) groups is 2. The lowest BCUT2D eigenvalue weighted by atomic mass is 10.1. The molecule has 0 radical (unpaired) electrons. The van der Waals surface area contributed by atoms with Crippen LogP contribution < -0.4 is 19.7 Å². The summed E-state index contributed by atoms with van der Waals surface area (Å²) in [5.41, 5.74) is 1.04. The summed E-state index contributed by atoms with van der Waals surface area (Å²) < 4.78 is 32.1. The molecule has 1 atom stereocenters. The molecule has 0 aliphatic carbocycles. The number of hydrogen-bond donors (Lipinski definition) is 2. The Morgan fingerprint density at radius 2 is 1.80 bits per heavy atom. The highest BCUT2D eigenvalue weighted by molar-refractivity contribution is 7.92. The lowest BCUT2D eigenvalue weighted by molar-refractivity contribution is -0.122. The highest BCUT2D eigenvalue weighted by Gasteiger charge is 2.36. The van der Waals surface area contributed by atoms with Gasteiger partial charge >= 0.3 is 0 Å². The molecule has 9 heteroatoms. The van der Waals surface area contributed by atoms with E-state index in [1.54, 1.807) is 55.5 Å². The lowest BCUT2D eigenvalue weighted by Crippen LogP contribution is -2.49. The van der Waals surface area contributed by atoms with Gasteiger partial charge in [-0.3, -0.25) is 13.9 Å². The fraction of sp³-hybridized carbons (Fsp3) is 0.333. The van der Waals surface area contributed by atoms with Gasteiger partial charge in [-0.2, -0.15) is 0 Å². The second kappa shape index (κ2) is 8.74. The molecule has 0 fully saturated rings. The zero-order valence-corrected chi connectivity index (χ0v) is 17.9. The second-order valence-electron chi connectivity index (χ2n) is 7.17. The minimum atomic E-state index is -3.60. The van der Waals surface area contributed by atoms with E-state index in [-0.39, 0.29) is 24.2 Å². The summed E-state index contributed by atoms with van der Waals surface area (Å²) in [6.45, 7) is 5.08. The Labute approximate surface area is 176 Å². The number of carbonyl (C=O) groups excluding carboxylic acids is 2. The quantitative estimate of drug-likeness (QED) is 0.731. The molecule has 0 saturated heterocycles. The van der Waals surface area contributed by atoms with E-state index < -0.39 is 22.0 Å². The normalized spacial score (nSPS) is 15.9. The largest absolute Gasteiger partial charge is 0.476 e. The first-order valence-electron chi connectivity index (χ1n) is 9.69. The van der Waals surface area contributed by atoms with Crippen molar-refractivity contribution in [1.29, 1.82) is 0 Å². The van der Waals surface area contributed by atoms with Crippen LogP contribution in [0.1, 0.15) is 31.1 Å². The van der Waals surface area contributed by atoms with Crippen LogP contribution in [0.3, 0.4) is 0 Å². The number of rotatable bonds is 6. The molecule has 0 unspecified atom stereocenters. The molecule has 2 amide bonds. The first-order valence-corrected chi connectivity index (χ1v) is 11.3. The number of nitrogens with zero attached hydrogens (tertiary/aromatic N) is 1. The Morgan fingerprint density at radius 3 is 2.50 bits per heavy atom. The first kappa shape index (κ1) is 21.6. The van der Waals surface area contributed by atoms with Crippen LogP contribution in [0.25, 0.3) is 0 Å². The molecule has 1 aliphatic rings. The van der Waals surface area contributed by atoms with Gasteiger partial charge in [0.2, 0.25) is 10.0 Å². The van der Waals surface area contributed by atoms with Gasteiger partial charge in [0.25, 0.3) is 11.8 Å². The van der Waals surface area contributed by atoms with Gasteiger partial charge in [0.05, 0.1) is 29.2 Å². The first-order chi connectivity index (χ1) is 14.2. The smallest absolute Gasteiger partial charge is 0.267 e. The van der Waals surface area contributed by atoms with Gasteiger partial charge in [0.15, 0.2) is 6.10 Å². The van der Waals surface area contributed by atoms with Crippen LogP contribution >= 0.6 is 0 Å². The molecule has 30 heavy (non-hydrogen) atoms. The molecule has 2 aromatic rings. The van der Waals surface area contributed by atoms with Crippen molar-refractivity contribution in [2.45, 2.75) is 32.9 Å². The maximum absolute atomic E-state index is 12.9. The van der Waals surface area contributed by atoms with Crippen LogP contribution in [0.15, 0.2) is 48.5 Å². The molecular formula is C21H25N3O5S. The topological polar surface area (TPSA) is 105 Å². The average Bonchev–Trinajstić information content (AvgIpc) is 2.72. The van der Waals surface area contributed by atoms with Gasteiger partial charge < -0.3 is 15.4 Å². The molecule has 2 aromatic carbocycles. The summed E-state index contributed by atoms with van der Waals surface area (Å²) in [5, 5.41) is 5.50. The number of para-hydroxylation sites is 3. The molecule has 1 aliphatic heterocycles. The summed E-state index contributed by atoms with van der Waals surface area (Å²) >= 11 is 0. The number of nitrogens with one attached hydrogen (secondary N) is 2. The molecule has 0 saturated carbocycles. The van der Waals surface area contributed by atoms with Crippen molar-refractivity contribution in [3.05, 3.63) is 54.1 Å². The Balaban J connectivity index is 1.86. The minimum Gasteiger partial charge on any atom is -0.476 e. The Kier molecular flexibility index (Phi) is 6.31. The van der Waals surface area contributed by atoms with E-state index in [2.05, 4.69) is 10.6 Å². The summed E-state index contributed by atoms with van der Waals surface area (Å²) in [5.74, 6) is -0.642. The number of hydrogen-bond acceptors (Lipinski definition) is 5. The fourth-order valence-electron chi connectivity index (χ4n) is 3.10. The third-order valence-corrected chi connectivity index (χ3v) is 6.32. The number of amides is 2. The van der Waals surface area contributed by atoms with E-state index in [0.717, 1.165) is 0 Å². The van der Waals surface area contributed by atoms with Gasteiger partial charge in [-0.25, -0.2) is 8.42 Å². The molecule has 3 rings (SSSR count). The average molecular weight is 432 g/mol. The van der Waals surface area contributed by atoms with Crippen molar-refractivity contribution in [3.63, 3.8) is 0 Å². The summed E-state index contributed by atoms with van der Waals surface area (Å²) in [6, 6.07) is 13.3. The maximum atomic E-state index is 12.9. The zero-order valence-electron chi connectivity index (χ0n) is 17.1. The van der Waals surface area contributed by atoms with Gasteiger partial charge in [0.1, 0.15) is 5.75 Å². The van der Waals surface area contributed by atoms with Gasteiger partial charge in [-0.05, 0) is 45.0 Å². The molecule has 0 bridgehead atoms. The summed E-state index contributed by atoms with van der Waals surface area (Å²) in [7, 11) is -3.60. The lowest BCUT2D eigenvalue weighted by Gasteiger charge is -2.34. The molecule has 8 nitrogen and oxygen atoms in total.